The predicted octanol–water partition coefficient (Wildman–Crippen LogP) is 1.12. The number of ether oxygens (including phenoxy) is 1. The van der Waals surface area contributed by atoms with Crippen LogP contribution in [0.3, 0.4) is 0 Å². The number of sulfonamides is 1. The summed E-state index contributed by atoms with van der Waals surface area (Å²) < 4.78 is 32.0. The molecule has 5 nitrogen and oxygen atoms in total. The van der Waals surface area contributed by atoms with Gasteiger partial charge in [-0.2, -0.15) is 0 Å². The molecule has 1 aromatic rings. The first-order chi connectivity index (χ1) is 8.95. The molecule has 1 aliphatic rings. The van der Waals surface area contributed by atoms with E-state index >= 15 is 0 Å². The second kappa shape index (κ2) is 5.48. The van der Waals surface area contributed by atoms with Crippen molar-refractivity contribution in [3.63, 3.8) is 0 Å². The lowest BCUT2D eigenvalue weighted by molar-refractivity contribution is 0.409. The molecule has 19 heavy (non-hydrogen) atoms. The summed E-state index contributed by atoms with van der Waals surface area (Å²) in [7, 11) is -1.91. The highest BCUT2D eigenvalue weighted by Gasteiger charge is 2.29. The van der Waals surface area contributed by atoms with Crippen LogP contribution in [0.15, 0.2) is 29.2 Å². The van der Waals surface area contributed by atoms with Gasteiger partial charge in [0.1, 0.15) is 5.75 Å². The molecule has 106 valence electrons. The molecule has 6 heteroatoms. The predicted molar refractivity (Wildman–Crippen MR) is 73.8 cm³/mol. The fourth-order valence-corrected chi connectivity index (χ4v) is 3.37. The summed E-state index contributed by atoms with van der Waals surface area (Å²) in [4.78, 5) is 0.259. The molecule has 2 N–H and O–H groups in total. The lowest BCUT2D eigenvalue weighted by Gasteiger charge is -2.24. The third-order valence-electron chi connectivity index (χ3n) is 3.48. The van der Waals surface area contributed by atoms with Crippen molar-refractivity contribution in [2.24, 2.45) is 0 Å². The maximum absolute atomic E-state index is 12.2. The van der Waals surface area contributed by atoms with E-state index in [0.717, 1.165) is 19.4 Å². The zero-order valence-electron chi connectivity index (χ0n) is 11.3. The number of rotatable bonds is 5. The molecule has 1 unspecified atom stereocenters. The van der Waals surface area contributed by atoms with Crippen molar-refractivity contribution in [2.45, 2.75) is 30.2 Å². The Morgan fingerprint density at radius 3 is 2.58 bits per heavy atom. The number of methoxy groups -OCH3 is 1. The Bertz CT molecular complexity index is 519. The maximum atomic E-state index is 12.2. The minimum atomic E-state index is -3.46. The highest BCUT2D eigenvalue weighted by atomic mass is 32.2. The minimum Gasteiger partial charge on any atom is -0.497 e. The Morgan fingerprint density at radius 1 is 1.37 bits per heavy atom. The molecule has 1 aliphatic heterocycles. The van der Waals surface area contributed by atoms with Gasteiger partial charge in [0, 0.05) is 12.1 Å². The molecule has 0 saturated carbocycles. The summed E-state index contributed by atoms with van der Waals surface area (Å²) in [6, 6.07) is 6.38. The molecule has 2 rings (SSSR count). The number of hydrogen-bond acceptors (Lipinski definition) is 4. The van der Waals surface area contributed by atoms with Crippen LogP contribution in [0, 0.1) is 0 Å². The molecule has 1 heterocycles. The van der Waals surface area contributed by atoms with E-state index in [9.17, 15) is 8.42 Å². The fraction of sp³-hybridized carbons (Fsp3) is 0.538. The van der Waals surface area contributed by atoms with Gasteiger partial charge in [-0.1, -0.05) is 0 Å². The first-order valence-electron chi connectivity index (χ1n) is 6.34. The van der Waals surface area contributed by atoms with Crippen LogP contribution >= 0.6 is 0 Å². The van der Waals surface area contributed by atoms with E-state index in [0.29, 0.717) is 12.3 Å². The second-order valence-corrected chi connectivity index (χ2v) is 6.86. The van der Waals surface area contributed by atoms with E-state index in [2.05, 4.69) is 10.0 Å². The third kappa shape index (κ3) is 3.46. The Morgan fingerprint density at radius 2 is 2.05 bits per heavy atom. The Labute approximate surface area is 114 Å². The zero-order chi connectivity index (χ0) is 13.9. The quantitative estimate of drug-likeness (QED) is 0.850. The van der Waals surface area contributed by atoms with Crippen LogP contribution in [0.5, 0.6) is 5.75 Å². The van der Waals surface area contributed by atoms with Crippen LogP contribution in [0.25, 0.3) is 0 Å². The monoisotopic (exact) mass is 284 g/mol. The highest BCUT2D eigenvalue weighted by molar-refractivity contribution is 7.89. The number of hydrogen-bond donors (Lipinski definition) is 2. The normalized spacial score (nSPS) is 23.5. The van der Waals surface area contributed by atoms with Crippen LogP contribution in [-0.4, -0.2) is 34.2 Å². The van der Waals surface area contributed by atoms with Crippen molar-refractivity contribution < 1.29 is 13.2 Å². The average Bonchev–Trinajstić information content (AvgIpc) is 2.84. The van der Waals surface area contributed by atoms with Crippen molar-refractivity contribution in [2.75, 3.05) is 20.2 Å². The molecule has 0 aliphatic carbocycles. The van der Waals surface area contributed by atoms with Crippen molar-refractivity contribution in [1.29, 1.82) is 0 Å². The minimum absolute atomic E-state index is 0.139. The van der Waals surface area contributed by atoms with Gasteiger partial charge in [0.2, 0.25) is 10.0 Å². The molecule has 1 fully saturated rings. The van der Waals surface area contributed by atoms with Crippen LogP contribution in [0.4, 0.5) is 0 Å². The molecule has 1 saturated heterocycles. The molecule has 0 radical (unpaired) electrons. The van der Waals surface area contributed by atoms with Crippen LogP contribution in [0.1, 0.15) is 19.8 Å². The lowest BCUT2D eigenvalue weighted by Crippen LogP contribution is -2.47. The molecule has 1 aromatic carbocycles. The van der Waals surface area contributed by atoms with E-state index in [1.165, 1.54) is 0 Å². The van der Waals surface area contributed by atoms with Crippen LogP contribution in [0.2, 0.25) is 0 Å². The fourth-order valence-electron chi connectivity index (χ4n) is 2.20. The molecular weight excluding hydrogens is 264 g/mol. The Kier molecular flexibility index (Phi) is 4.13. The Hall–Kier alpha value is -1.11. The van der Waals surface area contributed by atoms with Gasteiger partial charge in [0.25, 0.3) is 0 Å². The second-order valence-electron chi connectivity index (χ2n) is 5.09. The molecule has 0 bridgehead atoms. The van der Waals surface area contributed by atoms with Gasteiger partial charge in [0.15, 0.2) is 0 Å². The molecule has 0 amide bonds. The average molecular weight is 284 g/mol. The van der Waals surface area contributed by atoms with E-state index < -0.39 is 10.0 Å². The van der Waals surface area contributed by atoms with Gasteiger partial charge in [-0.15, -0.1) is 0 Å². The van der Waals surface area contributed by atoms with Gasteiger partial charge in [-0.25, -0.2) is 13.1 Å². The van der Waals surface area contributed by atoms with E-state index in [1.54, 1.807) is 31.4 Å². The zero-order valence-corrected chi connectivity index (χ0v) is 12.1. The van der Waals surface area contributed by atoms with E-state index in [-0.39, 0.29) is 10.4 Å². The topological polar surface area (TPSA) is 67.4 Å². The van der Waals surface area contributed by atoms with Gasteiger partial charge < -0.3 is 10.1 Å². The van der Waals surface area contributed by atoms with Crippen molar-refractivity contribution in [3.8, 4) is 5.75 Å². The van der Waals surface area contributed by atoms with E-state index in [1.807, 2.05) is 6.92 Å². The first-order valence-corrected chi connectivity index (χ1v) is 7.82. The smallest absolute Gasteiger partial charge is 0.240 e. The third-order valence-corrected chi connectivity index (χ3v) is 4.90. The van der Waals surface area contributed by atoms with Crippen LogP contribution in [-0.2, 0) is 10.0 Å². The van der Waals surface area contributed by atoms with Crippen molar-refractivity contribution in [3.05, 3.63) is 24.3 Å². The summed E-state index contributed by atoms with van der Waals surface area (Å²) in [5, 5.41) is 3.33. The van der Waals surface area contributed by atoms with E-state index in [4.69, 9.17) is 4.74 Å². The largest absolute Gasteiger partial charge is 0.497 e. The molecule has 1 atom stereocenters. The standard InChI is InChI=1S/C13H20N2O3S/c1-13(8-3-9-14-13)10-15-19(16,17)12-6-4-11(18-2)5-7-12/h4-7,14-15H,3,8-10H2,1-2H3. The summed E-state index contributed by atoms with van der Waals surface area (Å²) >= 11 is 0. The van der Waals surface area contributed by atoms with Gasteiger partial charge in [0.05, 0.1) is 12.0 Å². The molecular formula is C13H20N2O3S. The van der Waals surface area contributed by atoms with Crippen molar-refractivity contribution >= 4 is 10.0 Å². The SMILES string of the molecule is COc1ccc(S(=O)(=O)NCC2(C)CCCN2)cc1. The maximum Gasteiger partial charge on any atom is 0.240 e. The van der Waals surface area contributed by atoms with Gasteiger partial charge in [-0.3, -0.25) is 0 Å². The lowest BCUT2D eigenvalue weighted by atomic mass is 10.0. The highest BCUT2D eigenvalue weighted by Crippen LogP contribution is 2.19. The summed E-state index contributed by atoms with van der Waals surface area (Å²) in [6.07, 6.45) is 2.07. The van der Waals surface area contributed by atoms with Crippen molar-refractivity contribution in [1.82, 2.24) is 10.0 Å². The van der Waals surface area contributed by atoms with Gasteiger partial charge >= 0.3 is 0 Å². The van der Waals surface area contributed by atoms with Gasteiger partial charge in [-0.05, 0) is 50.6 Å². The number of nitrogens with one attached hydrogen (secondary N) is 2. The summed E-state index contributed by atoms with van der Waals surface area (Å²) in [5.41, 5.74) is -0.139. The first kappa shape index (κ1) is 14.3. The summed E-state index contributed by atoms with van der Waals surface area (Å²) in [6.45, 7) is 3.39. The molecule has 0 aromatic heterocycles. The molecule has 0 spiro atoms. The van der Waals surface area contributed by atoms with Crippen LogP contribution < -0.4 is 14.8 Å². The number of benzene rings is 1. The Balaban J connectivity index is 2.05. The summed E-state index contributed by atoms with van der Waals surface area (Å²) in [5.74, 6) is 0.642.